The second-order valence-corrected chi connectivity index (χ2v) is 8.63. The summed E-state index contributed by atoms with van der Waals surface area (Å²) in [4.78, 5) is 10.8. The molecule has 0 aliphatic heterocycles. The highest BCUT2D eigenvalue weighted by Gasteiger charge is 2.16. The largest absolute Gasteiger partial charge is 0.545 e. The minimum absolute atomic E-state index is 0.0133. The van der Waals surface area contributed by atoms with Crippen LogP contribution in [0, 0.1) is 0 Å². The van der Waals surface area contributed by atoms with E-state index in [0.717, 1.165) is 0 Å². The number of benzene rings is 3. The Kier molecular flexibility index (Phi) is 7.01. The molecular weight excluding hydrogens is 458 g/mol. The van der Waals surface area contributed by atoms with Crippen molar-refractivity contribution in [3.05, 3.63) is 95.0 Å². The molecule has 0 aromatic heterocycles. The van der Waals surface area contributed by atoms with Crippen molar-refractivity contribution in [2.45, 2.75) is 4.90 Å². The predicted octanol–water partition coefficient (Wildman–Crippen LogP) is 2.83. The Morgan fingerprint density at radius 3 is 2.10 bits per heavy atom. The van der Waals surface area contributed by atoms with Crippen molar-refractivity contribution in [3.8, 4) is 0 Å². The van der Waals surface area contributed by atoms with Crippen LogP contribution < -0.4 is 15.7 Å². The standard InChI is InChI=1S/C21H16ClN3O4S2/c22-16-8-12-18(13-9-16)31(28,29)25-19(14-4-2-1-3-5-14)24-21(30)23-17-10-6-15(7-11-17)20(26)27/h1-13H,(H,26,27)(H2,23,24,25,30)/p-1. The number of thiocarbonyl (C=S) groups is 1. The molecule has 0 radical (unpaired) electrons. The van der Waals surface area contributed by atoms with Crippen LogP contribution in [0.1, 0.15) is 15.9 Å². The van der Waals surface area contributed by atoms with Crippen LogP contribution in [-0.2, 0) is 10.0 Å². The predicted molar refractivity (Wildman–Crippen MR) is 122 cm³/mol. The summed E-state index contributed by atoms with van der Waals surface area (Å²) in [5, 5.41) is 17.0. The molecule has 0 atom stereocenters. The Hall–Kier alpha value is -3.27. The molecule has 7 nitrogen and oxygen atoms in total. The zero-order valence-corrected chi connectivity index (χ0v) is 18.2. The van der Waals surface area contributed by atoms with E-state index in [4.69, 9.17) is 23.8 Å². The second-order valence-electron chi connectivity index (χ2n) is 6.18. The fraction of sp³-hybridized carbons (Fsp3) is 0. The van der Waals surface area contributed by atoms with Gasteiger partial charge < -0.3 is 20.5 Å². The number of carboxylic acid groups (broad SMARTS) is 1. The summed E-state index contributed by atoms with van der Waals surface area (Å²) in [5.74, 6) is -1.28. The highest BCUT2D eigenvalue weighted by molar-refractivity contribution is 7.90. The van der Waals surface area contributed by atoms with Gasteiger partial charge in [0.25, 0.3) is 10.0 Å². The van der Waals surface area contributed by atoms with E-state index < -0.39 is 16.0 Å². The lowest BCUT2D eigenvalue weighted by Gasteiger charge is -2.13. The van der Waals surface area contributed by atoms with E-state index in [2.05, 4.69) is 15.0 Å². The van der Waals surface area contributed by atoms with Crippen LogP contribution in [0.3, 0.4) is 0 Å². The summed E-state index contributed by atoms with van der Waals surface area (Å²) in [6, 6.07) is 20.0. The lowest BCUT2D eigenvalue weighted by atomic mass is 10.2. The number of hydrogen-bond donors (Lipinski definition) is 2. The monoisotopic (exact) mass is 472 g/mol. The van der Waals surface area contributed by atoms with Crippen LogP contribution in [0.5, 0.6) is 0 Å². The number of carboxylic acids is 1. The van der Waals surface area contributed by atoms with Crippen LogP contribution in [0.25, 0.3) is 0 Å². The number of amidine groups is 1. The first-order chi connectivity index (χ1) is 14.7. The highest BCUT2D eigenvalue weighted by Crippen LogP contribution is 2.17. The quantitative estimate of drug-likeness (QED) is 0.333. The molecule has 0 aliphatic rings. The normalized spacial score (nSPS) is 11.6. The number of hydrogen-bond acceptors (Lipinski definition) is 5. The Balaban J connectivity index is 1.87. The van der Waals surface area contributed by atoms with Crippen molar-refractivity contribution in [2.75, 3.05) is 5.32 Å². The Bertz CT molecular complexity index is 1230. The molecule has 31 heavy (non-hydrogen) atoms. The summed E-state index contributed by atoms with van der Waals surface area (Å²) < 4.78 is 29.5. The first-order valence-corrected chi connectivity index (χ1v) is 11.0. The van der Waals surface area contributed by atoms with Crippen LogP contribution >= 0.6 is 23.8 Å². The molecule has 3 rings (SSSR count). The second kappa shape index (κ2) is 9.69. The molecule has 2 N–H and O–H groups in total. The van der Waals surface area contributed by atoms with Crippen molar-refractivity contribution in [3.63, 3.8) is 0 Å². The van der Waals surface area contributed by atoms with Gasteiger partial charge in [0, 0.05) is 16.3 Å². The molecule has 0 bridgehead atoms. The van der Waals surface area contributed by atoms with Crippen LogP contribution in [0.15, 0.2) is 88.2 Å². The third-order valence-electron chi connectivity index (χ3n) is 3.98. The fourth-order valence-electron chi connectivity index (χ4n) is 2.48. The van der Waals surface area contributed by atoms with E-state index in [1.807, 2.05) is 0 Å². The van der Waals surface area contributed by atoms with Crippen molar-refractivity contribution < 1.29 is 18.3 Å². The summed E-state index contributed by atoms with van der Waals surface area (Å²) in [6.07, 6.45) is 0. The minimum Gasteiger partial charge on any atom is -0.545 e. The first-order valence-electron chi connectivity index (χ1n) is 8.80. The van der Waals surface area contributed by atoms with E-state index >= 15 is 0 Å². The van der Waals surface area contributed by atoms with Gasteiger partial charge in [0.2, 0.25) is 0 Å². The summed E-state index contributed by atoms with van der Waals surface area (Å²) in [6.45, 7) is 0. The summed E-state index contributed by atoms with van der Waals surface area (Å²) >= 11 is 11.1. The number of carbonyl (C=O) groups is 1. The van der Waals surface area contributed by atoms with Crippen LogP contribution in [0.4, 0.5) is 5.69 Å². The smallest absolute Gasteiger partial charge is 0.284 e. The molecule has 0 fully saturated rings. The molecule has 0 aliphatic carbocycles. The van der Waals surface area contributed by atoms with Gasteiger partial charge in [-0.3, -0.25) is 0 Å². The number of halogens is 1. The topological polar surface area (TPSA) is 111 Å². The average Bonchev–Trinajstić information content (AvgIpc) is 2.74. The molecule has 3 aromatic carbocycles. The lowest BCUT2D eigenvalue weighted by molar-refractivity contribution is -0.255. The van der Waals surface area contributed by atoms with Gasteiger partial charge in [-0.15, -0.1) is 4.40 Å². The van der Waals surface area contributed by atoms with E-state index in [9.17, 15) is 18.3 Å². The molecule has 0 spiro atoms. The maximum atomic E-state index is 12.8. The van der Waals surface area contributed by atoms with Gasteiger partial charge in [-0.25, -0.2) is 0 Å². The molecular formula is C21H15ClN3O4S2-. The summed E-state index contributed by atoms with van der Waals surface area (Å²) in [7, 11) is -4.05. The molecule has 10 heteroatoms. The van der Waals surface area contributed by atoms with Crippen molar-refractivity contribution >= 4 is 56.4 Å². The maximum Gasteiger partial charge on any atom is 0.284 e. The number of nitrogens with zero attached hydrogens (tertiary/aromatic N) is 1. The van der Waals surface area contributed by atoms with Crippen molar-refractivity contribution in [2.24, 2.45) is 4.40 Å². The Morgan fingerprint density at radius 2 is 1.52 bits per heavy atom. The maximum absolute atomic E-state index is 12.8. The highest BCUT2D eigenvalue weighted by atomic mass is 35.5. The van der Waals surface area contributed by atoms with Crippen LogP contribution in [0.2, 0.25) is 5.02 Å². The number of anilines is 1. The first kappa shape index (κ1) is 22.4. The van der Waals surface area contributed by atoms with Gasteiger partial charge in [-0.1, -0.05) is 54.1 Å². The van der Waals surface area contributed by atoms with E-state index in [-0.39, 0.29) is 21.4 Å². The van der Waals surface area contributed by atoms with E-state index in [0.29, 0.717) is 16.3 Å². The Labute approximate surface area is 189 Å². The molecule has 0 saturated heterocycles. The van der Waals surface area contributed by atoms with Crippen molar-refractivity contribution in [1.82, 2.24) is 5.32 Å². The minimum atomic E-state index is -4.05. The molecule has 158 valence electrons. The fourth-order valence-corrected chi connectivity index (χ4v) is 3.80. The van der Waals surface area contributed by atoms with Gasteiger partial charge in [0.1, 0.15) is 0 Å². The zero-order chi connectivity index (χ0) is 22.4. The SMILES string of the molecule is O=C([O-])c1ccc(NC(=S)NC(=NS(=O)(=O)c2ccc(Cl)cc2)c2ccccc2)cc1. The Morgan fingerprint density at radius 1 is 0.903 bits per heavy atom. The zero-order valence-electron chi connectivity index (χ0n) is 15.8. The molecule has 0 amide bonds. The molecule has 3 aromatic rings. The number of sulfonamides is 1. The van der Waals surface area contributed by atoms with Crippen LogP contribution in [-0.4, -0.2) is 25.3 Å². The number of rotatable bonds is 5. The average molecular weight is 473 g/mol. The molecule has 0 heterocycles. The third-order valence-corrected chi connectivity index (χ3v) is 5.73. The number of nitrogens with one attached hydrogen (secondary N) is 2. The van der Waals surface area contributed by atoms with E-state index in [1.165, 1.54) is 48.5 Å². The third kappa shape index (κ3) is 6.11. The van der Waals surface area contributed by atoms with Gasteiger partial charge in [-0.05, 0) is 54.2 Å². The van der Waals surface area contributed by atoms with E-state index in [1.54, 1.807) is 30.3 Å². The van der Waals surface area contributed by atoms with Gasteiger partial charge >= 0.3 is 0 Å². The summed E-state index contributed by atoms with van der Waals surface area (Å²) in [5.41, 5.74) is 1.01. The number of carbonyl (C=O) groups excluding carboxylic acids is 1. The van der Waals surface area contributed by atoms with Gasteiger partial charge in [-0.2, -0.15) is 8.42 Å². The molecule has 0 saturated carbocycles. The molecule has 0 unspecified atom stereocenters. The van der Waals surface area contributed by atoms with Gasteiger partial charge in [0.05, 0.1) is 10.9 Å². The lowest BCUT2D eigenvalue weighted by Crippen LogP contribution is -2.35. The van der Waals surface area contributed by atoms with Gasteiger partial charge in [0.15, 0.2) is 10.9 Å². The number of aromatic carboxylic acids is 1. The van der Waals surface area contributed by atoms with Crippen molar-refractivity contribution in [1.29, 1.82) is 0 Å².